The third kappa shape index (κ3) is 3.41. The Morgan fingerprint density at radius 2 is 1.69 bits per heavy atom. The summed E-state index contributed by atoms with van der Waals surface area (Å²) in [6, 6.07) is 13.8. The summed E-state index contributed by atoms with van der Waals surface area (Å²) in [5.74, 6) is 0.491. The number of rotatable bonds is 5. The first-order valence-electron chi connectivity index (χ1n) is 8.10. The van der Waals surface area contributed by atoms with Crippen molar-refractivity contribution in [3.05, 3.63) is 72.1 Å². The highest BCUT2D eigenvalue weighted by atomic mass is 32.2. The zero-order valence-corrected chi connectivity index (χ0v) is 15.7. The van der Waals surface area contributed by atoms with Crippen molar-refractivity contribution in [3.63, 3.8) is 0 Å². The van der Waals surface area contributed by atoms with Crippen LogP contribution in [0.4, 0.5) is 5.69 Å². The van der Waals surface area contributed by atoms with Crippen LogP contribution in [0.15, 0.2) is 65.8 Å². The number of nitrogens with one attached hydrogen (secondary N) is 1. The summed E-state index contributed by atoms with van der Waals surface area (Å²) in [4.78, 5) is 4.39. The highest BCUT2D eigenvalue weighted by Crippen LogP contribution is 2.37. The van der Waals surface area contributed by atoms with E-state index >= 15 is 0 Å². The van der Waals surface area contributed by atoms with Gasteiger partial charge in [-0.25, -0.2) is 8.42 Å². The highest BCUT2D eigenvalue weighted by Gasteiger charge is 2.19. The van der Waals surface area contributed by atoms with Crippen LogP contribution >= 0.6 is 0 Å². The maximum atomic E-state index is 12.6. The Labute approximate surface area is 153 Å². The van der Waals surface area contributed by atoms with Crippen LogP contribution in [-0.4, -0.2) is 20.5 Å². The minimum absolute atomic E-state index is 0.201. The largest absolute Gasteiger partial charge is 0.494 e. The molecule has 134 valence electrons. The first-order valence-corrected chi connectivity index (χ1v) is 9.59. The maximum absolute atomic E-state index is 12.6. The van der Waals surface area contributed by atoms with Gasteiger partial charge in [0, 0.05) is 23.5 Å². The fourth-order valence-electron chi connectivity index (χ4n) is 2.88. The van der Waals surface area contributed by atoms with Crippen molar-refractivity contribution in [3.8, 4) is 16.9 Å². The lowest BCUT2D eigenvalue weighted by atomic mass is 9.97. The second-order valence-electron chi connectivity index (χ2n) is 5.93. The van der Waals surface area contributed by atoms with Crippen molar-refractivity contribution in [2.45, 2.75) is 18.7 Å². The molecule has 26 heavy (non-hydrogen) atoms. The molecular formula is C20H20N2O3S. The number of benzene rings is 2. The van der Waals surface area contributed by atoms with Gasteiger partial charge in [-0.05, 0) is 49.2 Å². The Kier molecular flexibility index (Phi) is 4.95. The van der Waals surface area contributed by atoms with Gasteiger partial charge in [-0.3, -0.25) is 9.71 Å². The van der Waals surface area contributed by atoms with Gasteiger partial charge in [0.15, 0.2) is 0 Å². The minimum Gasteiger partial charge on any atom is -0.494 e. The van der Waals surface area contributed by atoms with Gasteiger partial charge in [0.05, 0.1) is 17.7 Å². The van der Waals surface area contributed by atoms with Gasteiger partial charge in [0.1, 0.15) is 5.75 Å². The number of sulfonamides is 1. The van der Waals surface area contributed by atoms with E-state index in [0.29, 0.717) is 11.4 Å². The van der Waals surface area contributed by atoms with E-state index in [1.165, 1.54) is 7.11 Å². The lowest BCUT2D eigenvalue weighted by Gasteiger charge is -2.17. The second kappa shape index (κ2) is 7.17. The summed E-state index contributed by atoms with van der Waals surface area (Å²) in [5.41, 5.74) is 4.27. The Balaban J connectivity index is 2.05. The van der Waals surface area contributed by atoms with Crippen molar-refractivity contribution in [2.75, 3.05) is 11.8 Å². The van der Waals surface area contributed by atoms with E-state index < -0.39 is 10.0 Å². The first kappa shape index (κ1) is 17.9. The van der Waals surface area contributed by atoms with E-state index in [1.54, 1.807) is 48.8 Å². The SMILES string of the molecule is COc1c(NS(=O)(=O)c2ccccc2)ccc(-c2cnccc2C)c1C. The summed E-state index contributed by atoms with van der Waals surface area (Å²) in [6.07, 6.45) is 3.54. The summed E-state index contributed by atoms with van der Waals surface area (Å²) in [5, 5.41) is 0. The number of pyridine rings is 1. The van der Waals surface area contributed by atoms with Gasteiger partial charge in [-0.15, -0.1) is 0 Å². The van der Waals surface area contributed by atoms with E-state index in [9.17, 15) is 8.42 Å². The van der Waals surface area contributed by atoms with Crippen LogP contribution in [0.25, 0.3) is 11.1 Å². The predicted molar refractivity (Wildman–Crippen MR) is 103 cm³/mol. The van der Waals surface area contributed by atoms with Crippen molar-refractivity contribution in [1.29, 1.82) is 0 Å². The molecule has 0 fully saturated rings. The normalized spacial score (nSPS) is 11.2. The van der Waals surface area contributed by atoms with Crippen molar-refractivity contribution < 1.29 is 13.2 Å². The molecule has 0 bridgehead atoms. The van der Waals surface area contributed by atoms with Crippen molar-refractivity contribution in [1.82, 2.24) is 4.98 Å². The Bertz CT molecular complexity index is 1030. The molecule has 1 heterocycles. The van der Waals surface area contributed by atoms with E-state index in [1.807, 2.05) is 26.0 Å². The topological polar surface area (TPSA) is 68.3 Å². The Hall–Kier alpha value is -2.86. The molecule has 1 N–H and O–H groups in total. The quantitative estimate of drug-likeness (QED) is 0.734. The molecule has 0 unspecified atom stereocenters. The lowest BCUT2D eigenvalue weighted by Crippen LogP contribution is -2.14. The molecule has 6 heteroatoms. The average Bonchev–Trinajstić information content (AvgIpc) is 2.63. The van der Waals surface area contributed by atoms with Gasteiger partial charge in [0.25, 0.3) is 10.0 Å². The monoisotopic (exact) mass is 368 g/mol. The van der Waals surface area contributed by atoms with E-state index in [-0.39, 0.29) is 4.90 Å². The van der Waals surface area contributed by atoms with Crippen molar-refractivity contribution in [2.24, 2.45) is 0 Å². The summed E-state index contributed by atoms with van der Waals surface area (Å²) >= 11 is 0. The molecule has 0 spiro atoms. The lowest BCUT2D eigenvalue weighted by molar-refractivity contribution is 0.414. The molecule has 5 nitrogen and oxygen atoms in total. The standard InChI is InChI=1S/C20H20N2O3S/c1-14-11-12-21-13-18(14)17-9-10-19(20(25-3)15(17)2)22-26(23,24)16-7-5-4-6-8-16/h4-13,22H,1-3H3. The summed E-state index contributed by atoms with van der Waals surface area (Å²) in [6.45, 7) is 3.91. The molecule has 0 amide bonds. The number of anilines is 1. The molecule has 3 rings (SSSR count). The molecule has 0 aliphatic rings. The molecule has 1 aromatic heterocycles. The molecule has 0 radical (unpaired) electrons. The van der Waals surface area contributed by atoms with Gasteiger partial charge < -0.3 is 4.74 Å². The number of methoxy groups -OCH3 is 1. The third-order valence-electron chi connectivity index (χ3n) is 4.24. The number of nitrogens with zero attached hydrogens (tertiary/aromatic N) is 1. The predicted octanol–water partition coefficient (Wildman–Crippen LogP) is 4.17. The molecule has 0 aliphatic heterocycles. The number of ether oxygens (including phenoxy) is 1. The average molecular weight is 368 g/mol. The number of hydrogen-bond donors (Lipinski definition) is 1. The zero-order chi connectivity index (χ0) is 18.7. The number of aryl methyl sites for hydroxylation is 1. The number of hydrogen-bond acceptors (Lipinski definition) is 4. The molecule has 0 saturated carbocycles. The highest BCUT2D eigenvalue weighted by molar-refractivity contribution is 7.92. The van der Waals surface area contributed by atoms with E-state index in [2.05, 4.69) is 9.71 Å². The van der Waals surface area contributed by atoms with Crippen LogP contribution in [0, 0.1) is 13.8 Å². The third-order valence-corrected chi connectivity index (χ3v) is 5.62. The number of aromatic nitrogens is 1. The van der Waals surface area contributed by atoms with Gasteiger partial charge in [-0.2, -0.15) is 0 Å². The molecule has 3 aromatic rings. The summed E-state index contributed by atoms with van der Waals surface area (Å²) < 4.78 is 33.4. The molecule has 0 saturated heterocycles. The fraction of sp³-hybridized carbons (Fsp3) is 0.150. The van der Waals surface area contributed by atoms with Gasteiger partial charge >= 0.3 is 0 Å². The molecule has 0 aliphatic carbocycles. The van der Waals surface area contributed by atoms with Crippen LogP contribution < -0.4 is 9.46 Å². The smallest absolute Gasteiger partial charge is 0.262 e. The van der Waals surface area contributed by atoms with Crippen LogP contribution in [0.2, 0.25) is 0 Å². The van der Waals surface area contributed by atoms with Crippen LogP contribution in [0.3, 0.4) is 0 Å². The van der Waals surface area contributed by atoms with Crippen LogP contribution in [0.1, 0.15) is 11.1 Å². The summed E-state index contributed by atoms with van der Waals surface area (Å²) in [7, 11) is -2.16. The van der Waals surface area contributed by atoms with Crippen LogP contribution in [0.5, 0.6) is 5.75 Å². The van der Waals surface area contributed by atoms with Crippen LogP contribution in [-0.2, 0) is 10.0 Å². The van der Waals surface area contributed by atoms with E-state index in [0.717, 1.165) is 22.3 Å². The van der Waals surface area contributed by atoms with E-state index in [4.69, 9.17) is 4.74 Å². The molecule has 2 aromatic carbocycles. The first-order chi connectivity index (χ1) is 12.4. The molecular weight excluding hydrogens is 348 g/mol. The Morgan fingerprint density at radius 3 is 2.35 bits per heavy atom. The Morgan fingerprint density at radius 1 is 0.962 bits per heavy atom. The molecule has 0 atom stereocenters. The second-order valence-corrected chi connectivity index (χ2v) is 7.61. The van der Waals surface area contributed by atoms with Crippen molar-refractivity contribution >= 4 is 15.7 Å². The maximum Gasteiger partial charge on any atom is 0.262 e. The fourth-order valence-corrected chi connectivity index (χ4v) is 3.96. The van der Waals surface area contributed by atoms with Gasteiger partial charge in [0.2, 0.25) is 0 Å². The van der Waals surface area contributed by atoms with Gasteiger partial charge in [-0.1, -0.05) is 24.3 Å². The minimum atomic E-state index is -3.69. The zero-order valence-electron chi connectivity index (χ0n) is 14.9.